The van der Waals surface area contributed by atoms with Crippen LogP contribution in [0.1, 0.15) is 18.4 Å². The lowest BCUT2D eigenvalue weighted by atomic mass is 10.1. The first kappa shape index (κ1) is 20.3. The van der Waals surface area contributed by atoms with Gasteiger partial charge >= 0.3 is 0 Å². The van der Waals surface area contributed by atoms with Crippen molar-refractivity contribution in [2.75, 3.05) is 46.9 Å². The van der Waals surface area contributed by atoms with E-state index in [0.29, 0.717) is 18.0 Å². The van der Waals surface area contributed by atoms with Crippen molar-refractivity contribution in [2.45, 2.75) is 19.4 Å². The summed E-state index contributed by atoms with van der Waals surface area (Å²) in [6.45, 7) is 1.48. The summed E-state index contributed by atoms with van der Waals surface area (Å²) in [5.41, 5.74) is 0.973. The third-order valence-corrected chi connectivity index (χ3v) is 4.22. The van der Waals surface area contributed by atoms with Crippen LogP contribution < -0.4 is 24.8 Å². The maximum Gasteiger partial charge on any atom is 0.191 e. The fourth-order valence-electron chi connectivity index (χ4n) is 2.21. The van der Waals surface area contributed by atoms with E-state index in [1.165, 1.54) is 12.2 Å². The Morgan fingerprint density at radius 1 is 1.00 bits per heavy atom. The third kappa shape index (κ3) is 6.39. The van der Waals surface area contributed by atoms with E-state index in [0.717, 1.165) is 30.2 Å². The molecule has 2 N–H and O–H groups in total. The molecule has 0 bridgehead atoms. The molecule has 0 saturated carbocycles. The van der Waals surface area contributed by atoms with Crippen LogP contribution >= 0.6 is 11.8 Å². The number of hydrogen-bond donors (Lipinski definition) is 2. The molecule has 0 spiro atoms. The molecule has 0 fully saturated rings. The Balaban J connectivity index is 2.64. The minimum absolute atomic E-state index is 0.577. The van der Waals surface area contributed by atoms with Crippen LogP contribution in [0.2, 0.25) is 0 Å². The lowest BCUT2D eigenvalue weighted by molar-refractivity contribution is 0.347. The van der Waals surface area contributed by atoms with Crippen molar-refractivity contribution < 1.29 is 14.2 Å². The molecule has 0 unspecified atom stereocenters. The van der Waals surface area contributed by atoms with Crippen LogP contribution in [0.3, 0.4) is 0 Å². The number of unbranched alkanes of at least 4 members (excludes halogenated alkanes) is 1. The molecule has 1 aromatic carbocycles. The van der Waals surface area contributed by atoms with Crippen LogP contribution in [0.15, 0.2) is 17.1 Å². The van der Waals surface area contributed by atoms with Gasteiger partial charge in [0.2, 0.25) is 0 Å². The molecule has 1 rings (SSSR count). The standard InChI is InChI=1S/C17H29N3O3S/c1-18-17(19-8-6-7-9-24-5)20-12-13-10-15(22-3)16(23-4)11-14(13)21-2/h10-11H,6-9,12H2,1-5H3,(H2,18,19,20). The Kier molecular flexibility index (Phi) is 9.91. The van der Waals surface area contributed by atoms with E-state index < -0.39 is 0 Å². The van der Waals surface area contributed by atoms with Gasteiger partial charge in [-0.2, -0.15) is 11.8 Å². The number of nitrogens with one attached hydrogen (secondary N) is 2. The van der Waals surface area contributed by atoms with Gasteiger partial charge in [0.25, 0.3) is 0 Å². The van der Waals surface area contributed by atoms with E-state index in [9.17, 15) is 0 Å². The van der Waals surface area contributed by atoms with Crippen LogP contribution in [0.5, 0.6) is 17.2 Å². The van der Waals surface area contributed by atoms with E-state index in [4.69, 9.17) is 14.2 Å². The van der Waals surface area contributed by atoms with Gasteiger partial charge in [-0.25, -0.2) is 0 Å². The SMILES string of the molecule is CN=C(NCCCCSC)NCc1cc(OC)c(OC)cc1OC. The zero-order valence-corrected chi connectivity index (χ0v) is 16.1. The summed E-state index contributed by atoms with van der Waals surface area (Å²) in [6.07, 6.45) is 4.46. The van der Waals surface area contributed by atoms with Crippen molar-refractivity contribution >= 4 is 17.7 Å². The molecule has 0 saturated heterocycles. The fraction of sp³-hybridized carbons (Fsp3) is 0.588. The Morgan fingerprint density at radius 2 is 1.67 bits per heavy atom. The largest absolute Gasteiger partial charge is 0.496 e. The van der Waals surface area contributed by atoms with Gasteiger partial charge in [0.15, 0.2) is 17.5 Å². The van der Waals surface area contributed by atoms with Crippen molar-refractivity contribution in [3.05, 3.63) is 17.7 Å². The number of aliphatic imine (C=N–C) groups is 1. The zero-order chi connectivity index (χ0) is 17.8. The lowest BCUT2D eigenvalue weighted by Crippen LogP contribution is -2.37. The van der Waals surface area contributed by atoms with E-state index in [1.807, 2.05) is 23.9 Å². The molecule has 0 aliphatic heterocycles. The normalized spacial score (nSPS) is 11.1. The van der Waals surface area contributed by atoms with Crippen molar-refractivity contribution in [1.82, 2.24) is 10.6 Å². The summed E-state index contributed by atoms with van der Waals surface area (Å²) in [4.78, 5) is 4.25. The number of guanidine groups is 1. The van der Waals surface area contributed by atoms with Gasteiger partial charge in [-0.15, -0.1) is 0 Å². The average Bonchev–Trinajstić information content (AvgIpc) is 2.63. The highest BCUT2D eigenvalue weighted by molar-refractivity contribution is 7.98. The maximum absolute atomic E-state index is 5.44. The number of ether oxygens (including phenoxy) is 3. The molecule has 0 aromatic heterocycles. The number of benzene rings is 1. The highest BCUT2D eigenvalue weighted by atomic mass is 32.2. The molecule has 136 valence electrons. The summed E-state index contributed by atoms with van der Waals surface area (Å²) < 4.78 is 16.1. The van der Waals surface area contributed by atoms with E-state index in [1.54, 1.807) is 28.4 Å². The number of methoxy groups -OCH3 is 3. The van der Waals surface area contributed by atoms with Gasteiger partial charge in [0.05, 0.1) is 21.3 Å². The van der Waals surface area contributed by atoms with Crippen LogP contribution in [0.4, 0.5) is 0 Å². The molecular weight excluding hydrogens is 326 g/mol. The van der Waals surface area contributed by atoms with Crippen LogP contribution in [0.25, 0.3) is 0 Å². The molecule has 0 amide bonds. The molecular formula is C17H29N3O3S. The predicted molar refractivity (Wildman–Crippen MR) is 102 cm³/mol. The van der Waals surface area contributed by atoms with Crippen LogP contribution in [-0.2, 0) is 6.54 Å². The molecule has 0 radical (unpaired) electrons. The summed E-state index contributed by atoms with van der Waals surface area (Å²) >= 11 is 1.87. The topological polar surface area (TPSA) is 64.1 Å². The van der Waals surface area contributed by atoms with Gasteiger partial charge < -0.3 is 24.8 Å². The monoisotopic (exact) mass is 355 g/mol. The van der Waals surface area contributed by atoms with E-state index >= 15 is 0 Å². The van der Waals surface area contributed by atoms with Crippen LogP contribution in [-0.4, -0.2) is 52.9 Å². The third-order valence-electron chi connectivity index (χ3n) is 3.52. The maximum atomic E-state index is 5.44. The summed E-state index contributed by atoms with van der Waals surface area (Å²) in [6, 6.07) is 3.74. The molecule has 24 heavy (non-hydrogen) atoms. The minimum Gasteiger partial charge on any atom is -0.496 e. The van der Waals surface area contributed by atoms with Crippen molar-refractivity contribution in [2.24, 2.45) is 4.99 Å². The summed E-state index contributed by atoms with van der Waals surface area (Å²) in [5, 5.41) is 6.62. The molecule has 7 heteroatoms. The first-order valence-electron chi connectivity index (χ1n) is 7.92. The first-order chi connectivity index (χ1) is 11.7. The minimum atomic E-state index is 0.577. The smallest absolute Gasteiger partial charge is 0.191 e. The average molecular weight is 356 g/mol. The Labute approximate surface area is 149 Å². The molecule has 0 aliphatic rings. The van der Waals surface area contributed by atoms with Gasteiger partial charge in [0, 0.05) is 31.8 Å². The highest BCUT2D eigenvalue weighted by Crippen LogP contribution is 2.34. The highest BCUT2D eigenvalue weighted by Gasteiger charge is 2.12. The Bertz CT molecular complexity index is 524. The second-order valence-corrected chi connectivity index (χ2v) is 6.06. The number of nitrogens with zero attached hydrogens (tertiary/aromatic N) is 1. The van der Waals surface area contributed by atoms with Gasteiger partial charge in [-0.05, 0) is 30.9 Å². The lowest BCUT2D eigenvalue weighted by Gasteiger charge is -2.16. The van der Waals surface area contributed by atoms with Gasteiger partial charge in [0.1, 0.15) is 5.75 Å². The molecule has 0 atom stereocenters. The van der Waals surface area contributed by atoms with Crippen molar-refractivity contribution in [3.8, 4) is 17.2 Å². The predicted octanol–water partition coefficient (Wildman–Crippen LogP) is 2.52. The second kappa shape index (κ2) is 11.7. The van der Waals surface area contributed by atoms with Crippen molar-refractivity contribution in [3.63, 3.8) is 0 Å². The molecule has 6 nitrogen and oxygen atoms in total. The number of thioether (sulfide) groups is 1. The number of rotatable bonds is 10. The van der Waals surface area contributed by atoms with Crippen molar-refractivity contribution in [1.29, 1.82) is 0 Å². The molecule has 0 heterocycles. The molecule has 0 aliphatic carbocycles. The molecule has 1 aromatic rings. The van der Waals surface area contributed by atoms with Crippen LogP contribution in [0, 0.1) is 0 Å². The zero-order valence-electron chi connectivity index (χ0n) is 15.3. The van der Waals surface area contributed by atoms with E-state index in [2.05, 4.69) is 21.9 Å². The second-order valence-electron chi connectivity index (χ2n) is 5.07. The van der Waals surface area contributed by atoms with Gasteiger partial charge in [-0.3, -0.25) is 4.99 Å². The number of hydrogen-bond acceptors (Lipinski definition) is 5. The summed E-state index contributed by atoms with van der Waals surface area (Å²) in [5.74, 6) is 4.03. The summed E-state index contributed by atoms with van der Waals surface area (Å²) in [7, 11) is 6.64. The van der Waals surface area contributed by atoms with Gasteiger partial charge in [-0.1, -0.05) is 0 Å². The Hall–Kier alpha value is -1.76. The van der Waals surface area contributed by atoms with E-state index in [-0.39, 0.29) is 0 Å². The fourth-order valence-corrected chi connectivity index (χ4v) is 2.70. The first-order valence-corrected chi connectivity index (χ1v) is 9.31. The quantitative estimate of drug-likeness (QED) is 0.382. The Morgan fingerprint density at radius 3 is 2.25 bits per heavy atom.